The summed E-state index contributed by atoms with van der Waals surface area (Å²) in [6.45, 7) is 6.54. The molecule has 2 saturated carbocycles. The summed E-state index contributed by atoms with van der Waals surface area (Å²) in [5.74, 6) is 6.11. The number of ether oxygens (including phenoxy) is 1. The van der Waals surface area contributed by atoms with Crippen LogP contribution < -0.4 is 0 Å². The zero-order valence-corrected chi connectivity index (χ0v) is 26.4. The van der Waals surface area contributed by atoms with Crippen LogP contribution in [0.2, 0.25) is 0 Å². The zero-order chi connectivity index (χ0) is 27.1. The highest BCUT2D eigenvalue weighted by atomic mass is 16.5. The Hall–Kier alpha value is -0.560. The van der Waals surface area contributed by atoms with E-state index in [-0.39, 0.29) is 0 Å². The van der Waals surface area contributed by atoms with Crippen LogP contribution in [0.3, 0.4) is 0 Å². The molecule has 0 aromatic carbocycles. The van der Waals surface area contributed by atoms with E-state index < -0.39 is 0 Å². The lowest BCUT2D eigenvalue weighted by atomic mass is 9.70. The lowest BCUT2D eigenvalue weighted by molar-refractivity contribution is 0.135. The molecule has 0 amide bonds. The third-order valence-corrected chi connectivity index (χ3v) is 11.8. The van der Waals surface area contributed by atoms with Crippen LogP contribution in [0.25, 0.3) is 0 Å². The van der Waals surface area contributed by atoms with E-state index in [1.54, 1.807) is 11.1 Å². The van der Waals surface area contributed by atoms with E-state index in [2.05, 4.69) is 26.0 Å². The average Bonchev–Trinajstić information content (AvgIpc) is 2.99. The van der Waals surface area contributed by atoms with Gasteiger partial charge in [-0.25, -0.2) is 0 Å². The minimum atomic E-state index is 0.941. The van der Waals surface area contributed by atoms with Crippen LogP contribution >= 0.6 is 0 Å². The van der Waals surface area contributed by atoms with Gasteiger partial charge in [0.1, 0.15) is 0 Å². The molecule has 0 heterocycles. The van der Waals surface area contributed by atoms with Gasteiger partial charge >= 0.3 is 0 Å². The zero-order valence-electron chi connectivity index (χ0n) is 26.4. The van der Waals surface area contributed by atoms with Crippen molar-refractivity contribution in [2.75, 3.05) is 13.2 Å². The maximum atomic E-state index is 6.15. The second kappa shape index (κ2) is 18.1. The van der Waals surface area contributed by atoms with Crippen molar-refractivity contribution in [3.63, 3.8) is 0 Å². The molecule has 0 radical (unpaired) electrons. The molecule has 1 heteroatoms. The monoisotopic (exact) mass is 539 g/mol. The number of rotatable bonds is 16. The Bertz CT molecular complexity index is 642. The molecular weight excluding hydrogens is 472 g/mol. The summed E-state index contributed by atoms with van der Waals surface area (Å²) in [6, 6.07) is 0. The Kier molecular flexibility index (Phi) is 14.5. The molecule has 39 heavy (non-hydrogen) atoms. The molecule has 2 atom stereocenters. The van der Waals surface area contributed by atoms with E-state index in [0.717, 1.165) is 48.7 Å². The van der Waals surface area contributed by atoms with Crippen molar-refractivity contribution in [3.05, 3.63) is 23.3 Å². The molecule has 0 saturated heterocycles. The van der Waals surface area contributed by atoms with Crippen molar-refractivity contribution in [2.24, 2.45) is 35.5 Å². The van der Waals surface area contributed by atoms with Crippen molar-refractivity contribution in [1.29, 1.82) is 0 Å². The molecule has 0 N–H and O–H groups in total. The summed E-state index contributed by atoms with van der Waals surface area (Å²) in [4.78, 5) is 0. The second-order valence-corrected chi connectivity index (χ2v) is 14.5. The smallest absolute Gasteiger partial charge is 0.0503 e. The molecule has 0 aliphatic heterocycles. The summed E-state index contributed by atoms with van der Waals surface area (Å²) in [5, 5.41) is 0. The highest BCUT2D eigenvalue weighted by Crippen LogP contribution is 2.42. The van der Waals surface area contributed by atoms with E-state index in [9.17, 15) is 0 Å². The van der Waals surface area contributed by atoms with Crippen molar-refractivity contribution in [3.8, 4) is 0 Å². The van der Waals surface area contributed by atoms with Crippen LogP contribution in [0.1, 0.15) is 168 Å². The van der Waals surface area contributed by atoms with Crippen LogP contribution in [-0.4, -0.2) is 13.2 Å². The van der Waals surface area contributed by atoms with E-state index in [1.807, 2.05) is 0 Å². The fourth-order valence-corrected chi connectivity index (χ4v) is 8.90. The molecule has 4 rings (SSSR count). The standard InChI is InChI=1S/C38H66O/c1-3-5-7-9-31-11-19-35(20-12-31)37-23-15-33(16-24-37)27-29-39-30-28-34-17-25-38(26-18-34)36-21-13-32(14-22-36)10-8-6-4-2/h15,17,31-32,35-38H,3-14,16,18-30H2,1-2H3. The molecule has 2 fully saturated rings. The second-order valence-electron chi connectivity index (χ2n) is 14.5. The minimum absolute atomic E-state index is 0.941. The van der Waals surface area contributed by atoms with Crippen LogP contribution in [0, 0.1) is 35.5 Å². The van der Waals surface area contributed by atoms with E-state index in [4.69, 9.17) is 4.74 Å². The predicted octanol–water partition coefficient (Wildman–Crippen LogP) is 12.0. The largest absolute Gasteiger partial charge is 0.381 e. The third-order valence-electron chi connectivity index (χ3n) is 11.8. The highest BCUT2D eigenvalue weighted by Gasteiger charge is 2.29. The quantitative estimate of drug-likeness (QED) is 0.140. The summed E-state index contributed by atoms with van der Waals surface area (Å²) in [5.41, 5.74) is 3.39. The van der Waals surface area contributed by atoms with E-state index >= 15 is 0 Å². The third kappa shape index (κ3) is 11.0. The lowest BCUT2D eigenvalue weighted by Crippen LogP contribution is -2.23. The first kappa shape index (κ1) is 31.4. The summed E-state index contributed by atoms with van der Waals surface area (Å²) >= 11 is 0. The van der Waals surface area contributed by atoms with Crippen LogP contribution in [-0.2, 0) is 4.74 Å². The maximum Gasteiger partial charge on any atom is 0.0503 e. The fourth-order valence-electron chi connectivity index (χ4n) is 8.90. The first-order valence-electron chi connectivity index (χ1n) is 18.2. The molecule has 0 aromatic rings. The summed E-state index contributed by atoms with van der Waals surface area (Å²) in [6.07, 6.45) is 39.6. The molecule has 0 bridgehead atoms. The predicted molar refractivity (Wildman–Crippen MR) is 170 cm³/mol. The maximum absolute atomic E-state index is 6.15. The van der Waals surface area contributed by atoms with Gasteiger partial charge < -0.3 is 4.74 Å². The first-order chi connectivity index (χ1) is 19.2. The Labute approximate surface area is 244 Å². The topological polar surface area (TPSA) is 9.23 Å². The van der Waals surface area contributed by atoms with Crippen LogP contribution in [0.4, 0.5) is 0 Å². The molecular formula is C38H66O. The van der Waals surface area contributed by atoms with Gasteiger partial charge in [0.2, 0.25) is 0 Å². The van der Waals surface area contributed by atoms with Crippen LogP contribution in [0.15, 0.2) is 23.3 Å². The van der Waals surface area contributed by atoms with Gasteiger partial charge in [-0.1, -0.05) is 114 Å². The molecule has 4 aliphatic rings. The Balaban J connectivity index is 1.02. The van der Waals surface area contributed by atoms with Crippen molar-refractivity contribution in [1.82, 2.24) is 0 Å². The molecule has 2 unspecified atom stereocenters. The molecule has 1 nitrogen and oxygen atoms in total. The highest BCUT2D eigenvalue weighted by molar-refractivity contribution is 5.08. The SMILES string of the molecule is CCCCCC1CCC(C2CC=C(CCOCCC3=CCC(C4CCC(CCCCC)CC4)CC3)CC2)CC1. The van der Waals surface area contributed by atoms with Crippen molar-refractivity contribution < 1.29 is 4.74 Å². The Morgan fingerprint density at radius 2 is 0.974 bits per heavy atom. The van der Waals surface area contributed by atoms with Gasteiger partial charge in [-0.15, -0.1) is 0 Å². The van der Waals surface area contributed by atoms with Gasteiger partial charge in [-0.05, 0) is 113 Å². The molecule has 0 aromatic heterocycles. The van der Waals surface area contributed by atoms with Crippen molar-refractivity contribution >= 4 is 0 Å². The number of hydrogen-bond donors (Lipinski definition) is 0. The van der Waals surface area contributed by atoms with Crippen LogP contribution in [0.5, 0.6) is 0 Å². The van der Waals surface area contributed by atoms with Gasteiger partial charge in [0.05, 0.1) is 13.2 Å². The molecule has 4 aliphatic carbocycles. The lowest BCUT2D eigenvalue weighted by Gasteiger charge is -2.35. The van der Waals surface area contributed by atoms with Gasteiger partial charge in [0.15, 0.2) is 0 Å². The first-order valence-corrected chi connectivity index (χ1v) is 18.2. The van der Waals surface area contributed by atoms with Gasteiger partial charge in [0.25, 0.3) is 0 Å². The molecule has 224 valence electrons. The average molecular weight is 539 g/mol. The minimum Gasteiger partial charge on any atom is -0.381 e. The Morgan fingerprint density at radius 1 is 0.538 bits per heavy atom. The Morgan fingerprint density at radius 3 is 1.33 bits per heavy atom. The number of allylic oxidation sites excluding steroid dienone is 2. The number of unbranched alkanes of at least 4 members (excludes halogenated alkanes) is 4. The fraction of sp³-hybridized carbons (Fsp3) is 0.895. The summed E-state index contributed by atoms with van der Waals surface area (Å²) < 4.78 is 6.15. The molecule has 0 spiro atoms. The van der Waals surface area contributed by atoms with E-state index in [1.165, 1.54) is 154 Å². The number of hydrogen-bond acceptors (Lipinski definition) is 1. The van der Waals surface area contributed by atoms with Gasteiger partial charge in [-0.2, -0.15) is 0 Å². The van der Waals surface area contributed by atoms with E-state index in [0.29, 0.717) is 0 Å². The van der Waals surface area contributed by atoms with Gasteiger partial charge in [0, 0.05) is 0 Å². The van der Waals surface area contributed by atoms with Crippen molar-refractivity contribution in [2.45, 2.75) is 168 Å². The summed E-state index contributed by atoms with van der Waals surface area (Å²) in [7, 11) is 0. The van der Waals surface area contributed by atoms with Gasteiger partial charge in [-0.3, -0.25) is 0 Å². The normalized spacial score (nSPS) is 32.1.